The summed E-state index contributed by atoms with van der Waals surface area (Å²) in [6.07, 6.45) is 0. The lowest BCUT2D eigenvalue weighted by Gasteiger charge is -2.35. The fourth-order valence-corrected chi connectivity index (χ4v) is 3.50. The van der Waals surface area contributed by atoms with Crippen LogP contribution in [0.25, 0.3) is 5.69 Å². The Morgan fingerprint density at radius 3 is 2.50 bits per heavy atom. The standard InChI is InChI=1S/C20H23ClN6O/c1-15-2-8-18(9-3-15)27-20(23-24-25-27)22-14-19(26-10-12-28-13-11-26)16-4-6-17(21)7-5-16/h2-9,19H,10-14H2,1H3,(H,22,23,25). The molecule has 0 bridgehead atoms. The van der Waals surface area contributed by atoms with Crippen LogP contribution in [-0.4, -0.2) is 58.0 Å². The minimum Gasteiger partial charge on any atom is -0.379 e. The maximum Gasteiger partial charge on any atom is 0.247 e. The molecule has 1 aliphatic rings. The van der Waals surface area contributed by atoms with Crippen LogP contribution in [0.3, 0.4) is 0 Å². The number of anilines is 1. The van der Waals surface area contributed by atoms with Crippen molar-refractivity contribution in [2.24, 2.45) is 0 Å². The van der Waals surface area contributed by atoms with Crippen LogP contribution in [0.4, 0.5) is 5.95 Å². The van der Waals surface area contributed by atoms with Crippen molar-refractivity contribution in [2.45, 2.75) is 13.0 Å². The number of nitrogens with zero attached hydrogens (tertiary/aromatic N) is 5. The molecule has 0 spiro atoms. The molecule has 0 aliphatic carbocycles. The topological polar surface area (TPSA) is 68.1 Å². The van der Waals surface area contributed by atoms with Crippen molar-refractivity contribution in [3.05, 3.63) is 64.7 Å². The molecule has 1 fully saturated rings. The average molecular weight is 399 g/mol. The lowest BCUT2D eigenvalue weighted by molar-refractivity contribution is 0.0187. The largest absolute Gasteiger partial charge is 0.379 e. The maximum atomic E-state index is 6.08. The maximum absolute atomic E-state index is 6.08. The molecule has 0 amide bonds. The van der Waals surface area contributed by atoms with Crippen molar-refractivity contribution >= 4 is 17.5 Å². The Kier molecular flexibility index (Phi) is 5.85. The SMILES string of the molecule is Cc1ccc(-n2nnnc2NCC(c2ccc(Cl)cc2)N2CCOCC2)cc1. The van der Waals surface area contributed by atoms with E-state index in [1.807, 2.05) is 36.4 Å². The highest BCUT2D eigenvalue weighted by Crippen LogP contribution is 2.24. The van der Waals surface area contributed by atoms with Gasteiger partial charge >= 0.3 is 0 Å². The molecule has 8 heteroatoms. The molecule has 3 aromatic rings. The predicted octanol–water partition coefficient (Wildman–Crippen LogP) is 3.11. The van der Waals surface area contributed by atoms with Crippen LogP contribution in [-0.2, 0) is 4.74 Å². The molecule has 1 N–H and O–H groups in total. The highest BCUT2D eigenvalue weighted by Gasteiger charge is 2.23. The van der Waals surface area contributed by atoms with E-state index >= 15 is 0 Å². The van der Waals surface area contributed by atoms with Gasteiger partial charge in [-0.25, -0.2) is 0 Å². The zero-order valence-electron chi connectivity index (χ0n) is 15.8. The summed E-state index contributed by atoms with van der Waals surface area (Å²) in [6, 6.07) is 16.3. The van der Waals surface area contributed by atoms with E-state index in [4.69, 9.17) is 16.3 Å². The number of nitrogens with one attached hydrogen (secondary N) is 1. The quantitative estimate of drug-likeness (QED) is 0.688. The summed E-state index contributed by atoms with van der Waals surface area (Å²) >= 11 is 6.08. The zero-order chi connectivity index (χ0) is 19.3. The van der Waals surface area contributed by atoms with E-state index in [9.17, 15) is 0 Å². The molecule has 0 saturated carbocycles. The van der Waals surface area contributed by atoms with Gasteiger partial charge < -0.3 is 10.1 Å². The number of hydrogen-bond donors (Lipinski definition) is 1. The van der Waals surface area contributed by atoms with Crippen LogP contribution >= 0.6 is 11.6 Å². The van der Waals surface area contributed by atoms with Gasteiger partial charge in [0.25, 0.3) is 0 Å². The number of morpholine rings is 1. The van der Waals surface area contributed by atoms with Crippen molar-refractivity contribution in [2.75, 3.05) is 38.2 Å². The molecule has 7 nitrogen and oxygen atoms in total. The molecule has 1 aromatic heterocycles. The van der Waals surface area contributed by atoms with Crippen LogP contribution in [0.1, 0.15) is 17.2 Å². The first-order valence-corrected chi connectivity index (χ1v) is 9.75. The molecule has 4 rings (SSSR count). The minimum atomic E-state index is 0.171. The van der Waals surface area contributed by atoms with Gasteiger partial charge in [0, 0.05) is 24.7 Å². The molecule has 1 unspecified atom stereocenters. The Balaban J connectivity index is 1.54. The summed E-state index contributed by atoms with van der Waals surface area (Å²) in [5.41, 5.74) is 3.32. The highest BCUT2D eigenvalue weighted by atomic mass is 35.5. The van der Waals surface area contributed by atoms with Gasteiger partial charge in [-0.3, -0.25) is 4.90 Å². The number of benzene rings is 2. The lowest BCUT2D eigenvalue weighted by Crippen LogP contribution is -2.41. The number of aryl methyl sites for hydroxylation is 1. The van der Waals surface area contributed by atoms with Crippen molar-refractivity contribution in [1.29, 1.82) is 0 Å². The first kappa shape index (κ1) is 18.9. The summed E-state index contributed by atoms with van der Waals surface area (Å²) in [6.45, 7) is 5.99. The van der Waals surface area contributed by atoms with Gasteiger partial charge in [0.1, 0.15) is 0 Å². The Morgan fingerprint density at radius 1 is 1.07 bits per heavy atom. The molecule has 146 valence electrons. The summed E-state index contributed by atoms with van der Waals surface area (Å²) in [7, 11) is 0. The second-order valence-corrected chi connectivity index (χ2v) is 7.28. The number of halogens is 1. The fourth-order valence-electron chi connectivity index (χ4n) is 3.38. The highest BCUT2D eigenvalue weighted by molar-refractivity contribution is 6.30. The first-order chi connectivity index (χ1) is 13.7. The van der Waals surface area contributed by atoms with E-state index in [-0.39, 0.29) is 6.04 Å². The van der Waals surface area contributed by atoms with Gasteiger partial charge in [-0.15, -0.1) is 0 Å². The van der Waals surface area contributed by atoms with Crippen molar-refractivity contribution in [1.82, 2.24) is 25.1 Å². The molecular weight excluding hydrogens is 376 g/mol. The number of ether oxygens (including phenoxy) is 1. The van der Waals surface area contributed by atoms with Gasteiger partial charge in [0.05, 0.1) is 24.9 Å². The average Bonchev–Trinajstić information content (AvgIpc) is 3.19. The number of tetrazole rings is 1. The van der Waals surface area contributed by atoms with E-state index in [1.54, 1.807) is 4.68 Å². The second kappa shape index (κ2) is 8.68. The third kappa shape index (κ3) is 4.32. The van der Waals surface area contributed by atoms with Gasteiger partial charge in [-0.05, 0) is 47.2 Å². The number of aromatic nitrogens is 4. The Morgan fingerprint density at radius 2 is 1.79 bits per heavy atom. The monoisotopic (exact) mass is 398 g/mol. The normalized spacial score (nSPS) is 16.1. The number of rotatable bonds is 6. The van der Waals surface area contributed by atoms with E-state index in [0.29, 0.717) is 12.5 Å². The van der Waals surface area contributed by atoms with Gasteiger partial charge in [-0.1, -0.05) is 46.5 Å². The zero-order valence-corrected chi connectivity index (χ0v) is 16.5. The molecule has 2 aromatic carbocycles. The molecule has 28 heavy (non-hydrogen) atoms. The first-order valence-electron chi connectivity index (χ1n) is 9.37. The molecule has 2 heterocycles. The summed E-state index contributed by atoms with van der Waals surface area (Å²) < 4.78 is 7.24. The molecular formula is C20H23ClN6O. The molecule has 1 atom stereocenters. The van der Waals surface area contributed by atoms with Crippen LogP contribution in [0, 0.1) is 6.92 Å². The Bertz CT molecular complexity index is 890. The summed E-state index contributed by atoms with van der Waals surface area (Å²) in [5, 5.41) is 16.3. The van der Waals surface area contributed by atoms with Gasteiger partial charge in [0.15, 0.2) is 0 Å². The van der Waals surface area contributed by atoms with Crippen LogP contribution < -0.4 is 5.32 Å². The van der Waals surface area contributed by atoms with E-state index in [2.05, 4.69) is 44.8 Å². The predicted molar refractivity (Wildman–Crippen MR) is 109 cm³/mol. The summed E-state index contributed by atoms with van der Waals surface area (Å²) in [4.78, 5) is 2.42. The van der Waals surface area contributed by atoms with Crippen LogP contribution in [0.15, 0.2) is 48.5 Å². The van der Waals surface area contributed by atoms with Crippen molar-refractivity contribution < 1.29 is 4.74 Å². The van der Waals surface area contributed by atoms with Crippen molar-refractivity contribution in [3.8, 4) is 5.69 Å². The van der Waals surface area contributed by atoms with E-state index < -0.39 is 0 Å². The fraction of sp³-hybridized carbons (Fsp3) is 0.350. The minimum absolute atomic E-state index is 0.171. The van der Waals surface area contributed by atoms with E-state index in [0.717, 1.165) is 37.0 Å². The van der Waals surface area contributed by atoms with Crippen LogP contribution in [0.2, 0.25) is 5.02 Å². The third-order valence-corrected chi connectivity index (χ3v) is 5.19. The van der Waals surface area contributed by atoms with Gasteiger partial charge in [-0.2, -0.15) is 4.68 Å². The number of hydrogen-bond acceptors (Lipinski definition) is 6. The third-order valence-electron chi connectivity index (χ3n) is 4.94. The lowest BCUT2D eigenvalue weighted by atomic mass is 10.0. The molecule has 1 saturated heterocycles. The van der Waals surface area contributed by atoms with Gasteiger partial charge in [0.2, 0.25) is 5.95 Å². The second-order valence-electron chi connectivity index (χ2n) is 6.85. The molecule has 0 radical (unpaired) electrons. The van der Waals surface area contributed by atoms with Crippen molar-refractivity contribution in [3.63, 3.8) is 0 Å². The summed E-state index contributed by atoms with van der Waals surface area (Å²) in [5.74, 6) is 0.621. The molecule has 1 aliphatic heterocycles. The Hall–Kier alpha value is -2.48. The van der Waals surface area contributed by atoms with E-state index in [1.165, 1.54) is 11.1 Å². The van der Waals surface area contributed by atoms with Crippen LogP contribution in [0.5, 0.6) is 0 Å². The smallest absolute Gasteiger partial charge is 0.247 e. The Labute approximate surface area is 169 Å².